The normalized spacial score (nSPS) is 13.0. The van der Waals surface area contributed by atoms with Gasteiger partial charge in [0.25, 0.3) is 0 Å². The summed E-state index contributed by atoms with van der Waals surface area (Å²) in [5.41, 5.74) is 1.04. The SMILES string of the molecule is C=C(C)CC(C=O)NC(=O)CCC(C)(C)C. The van der Waals surface area contributed by atoms with Gasteiger partial charge in [0.1, 0.15) is 6.29 Å². The highest BCUT2D eigenvalue weighted by Crippen LogP contribution is 2.20. The van der Waals surface area contributed by atoms with Crippen molar-refractivity contribution in [1.29, 1.82) is 0 Å². The fraction of sp³-hybridized carbons (Fsp3) is 0.692. The molecule has 3 heteroatoms. The molecule has 0 fully saturated rings. The maximum atomic E-state index is 11.5. The fourth-order valence-electron chi connectivity index (χ4n) is 1.28. The Morgan fingerprint density at radius 3 is 2.38 bits per heavy atom. The summed E-state index contributed by atoms with van der Waals surface area (Å²) < 4.78 is 0. The van der Waals surface area contributed by atoms with Gasteiger partial charge in [0.15, 0.2) is 0 Å². The zero-order chi connectivity index (χ0) is 12.8. The Hall–Kier alpha value is -1.12. The third-order valence-electron chi connectivity index (χ3n) is 2.18. The summed E-state index contributed by atoms with van der Waals surface area (Å²) in [6.45, 7) is 11.8. The third-order valence-corrected chi connectivity index (χ3v) is 2.18. The molecule has 0 aromatic rings. The topological polar surface area (TPSA) is 46.2 Å². The average Bonchev–Trinajstić information content (AvgIpc) is 2.12. The van der Waals surface area contributed by atoms with Crippen LogP contribution >= 0.6 is 0 Å². The minimum absolute atomic E-state index is 0.0618. The van der Waals surface area contributed by atoms with Crippen LogP contribution in [0.15, 0.2) is 12.2 Å². The first-order valence-electron chi connectivity index (χ1n) is 5.63. The molecule has 92 valence electrons. The molecule has 0 aliphatic rings. The van der Waals surface area contributed by atoms with Crippen molar-refractivity contribution >= 4 is 12.2 Å². The molecule has 1 atom stereocenters. The van der Waals surface area contributed by atoms with Crippen molar-refractivity contribution in [2.45, 2.75) is 53.0 Å². The highest BCUT2D eigenvalue weighted by atomic mass is 16.2. The number of amides is 1. The van der Waals surface area contributed by atoms with E-state index in [1.165, 1.54) is 0 Å². The fourth-order valence-corrected chi connectivity index (χ4v) is 1.28. The van der Waals surface area contributed by atoms with Crippen molar-refractivity contribution in [3.63, 3.8) is 0 Å². The Kier molecular flexibility index (Phi) is 6.01. The van der Waals surface area contributed by atoms with Gasteiger partial charge in [0, 0.05) is 6.42 Å². The molecule has 0 spiro atoms. The number of nitrogens with one attached hydrogen (secondary N) is 1. The van der Waals surface area contributed by atoms with E-state index in [0.717, 1.165) is 18.3 Å². The summed E-state index contributed by atoms with van der Waals surface area (Å²) in [7, 11) is 0. The van der Waals surface area contributed by atoms with Crippen LogP contribution in [0.5, 0.6) is 0 Å². The second-order valence-corrected chi connectivity index (χ2v) is 5.53. The molecule has 0 saturated carbocycles. The first kappa shape index (κ1) is 14.9. The highest BCUT2D eigenvalue weighted by molar-refractivity contribution is 5.79. The molecular weight excluding hydrogens is 202 g/mol. The number of aldehydes is 1. The van der Waals surface area contributed by atoms with Crippen molar-refractivity contribution in [2.75, 3.05) is 0 Å². The van der Waals surface area contributed by atoms with Crippen LogP contribution in [0.4, 0.5) is 0 Å². The Morgan fingerprint density at radius 2 is 2.00 bits per heavy atom. The van der Waals surface area contributed by atoms with Crippen LogP contribution in [0.1, 0.15) is 47.0 Å². The predicted molar refractivity (Wildman–Crippen MR) is 66.1 cm³/mol. The molecule has 0 aliphatic carbocycles. The van der Waals surface area contributed by atoms with Gasteiger partial charge in [-0.05, 0) is 25.2 Å². The van der Waals surface area contributed by atoms with Crippen LogP contribution in [0.25, 0.3) is 0 Å². The van der Waals surface area contributed by atoms with Crippen LogP contribution in [-0.2, 0) is 9.59 Å². The average molecular weight is 225 g/mol. The van der Waals surface area contributed by atoms with E-state index < -0.39 is 6.04 Å². The quantitative estimate of drug-likeness (QED) is 0.557. The van der Waals surface area contributed by atoms with Gasteiger partial charge in [-0.15, -0.1) is 6.58 Å². The molecule has 0 bridgehead atoms. The van der Waals surface area contributed by atoms with Crippen LogP contribution in [0.2, 0.25) is 0 Å². The van der Waals surface area contributed by atoms with Crippen molar-refractivity contribution in [3.05, 3.63) is 12.2 Å². The lowest BCUT2D eigenvalue weighted by Crippen LogP contribution is -2.36. The molecule has 1 unspecified atom stereocenters. The molecule has 0 aromatic heterocycles. The van der Waals surface area contributed by atoms with E-state index in [1.807, 2.05) is 6.92 Å². The Balaban J connectivity index is 4.02. The van der Waals surface area contributed by atoms with Gasteiger partial charge in [-0.3, -0.25) is 4.79 Å². The Morgan fingerprint density at radius 1 is 1.44 bits per heavy atom. The van der Waals surface area contributed by atoms with E-state index in [1.54, 1.807) is 0 Å². The van der Waals surface area contributed by atoms with Crippen molar-refractivity contribution in [2.24, 2.45) is 5.41 Å². The van der Waals surface area contributed by atoms with Gasteiger partial charge in [0.05, 0.1) is 6.04 Å². The predicted octanol–water partition coefficient (Wildman–Crippen LogP) is 2.46. The van der Waals surface area contributed by atoms with Gasteiger partial charge in [-0.2, -0.15) is 0 Å². The molecule has 0 heterocycles. The summed E-state index contributed by atoms with van der Waals surface area (Å²) in [4.78, 5) is 22.3. The van der Waals surface area contributed by atoms with Crippen molar-refractivity contribution < 1.29 is 9.59 Å². The molecule has 0 aromatic carbocycles. The molecular formula is C13H23NO2. The van der Waals surface area contributed by atoms with E-state index in [4.69, 9.17) is 0 Å². The van der Waals surface area contributed by atoms with Gasteiger partial charge in [0.2, 0.25) is 5.91 Å². The van der Waals surface area contributed by atoms with Crippen LogP contribution < -0.4 is 5.32 Å². The number of hydrogen-bond donors (Lipinski definition) is 1. The molecule has 3 nitrogen and oxygen atoms in total. The van der Waals surface area contributed by atoms with Gasteiger partial charge >= 0.3 is 0 Å². The third kappa shape index (κ3) is 8.21. The Labute approximate surface area is 98.3 Å². The van der Waals surface area contributed by atoms with E-state index in [0.29, 0.717) is 12.8 Å². The number of rotatable bonds is 6. The molecule has 0 radical (unpaired) electrons. The molecule has 16 heavy (non-hydrogen) atoms. The minimum Gasteiger partial charge on any atom is -0.346 e. The minimum atomic E-state index is -0.426. The van der Waals surface area contributed by atoms with Gasteiger partial charge in [-0.1, -0.05) is 26.3 Å². The Bertz CT molecular complexity index is 264. The lowest BCUT2D eigenvalue weighted by molar-refractivity contribution is -0.124. The second-order valence-electron chi connectivity index (χ2n) is 5.53. The zero-order valence-corrected chi connectivity index (χ0v) is 10.8. The molecule has 1 N–H and O–H groups in total. The smallest absolute Gasteiger partial charge is 0.220 e. The summed E-state index contributed by atoms with van der Waals surface area (Å²) >= 11 is 0. The van der Waals surface area contributed by atoms with Crippen molar-refractivity contribution in [3.8, 4) is 0 Å². The molecule has 1 amide bonds. The van der Waals surface area contributed by atoms with E-state index in [9.17, 15) is 9.59 Å². The standard InChI is InChI=1S/C13H23NO2/c1-10(2)8-11(9-15)14-12(16)6-7-13(3,4)5/h9,11H,1,6-8H2,2-5H3,(H,14,16). The summed E-state index contributed by atoms with van der Waals surface area (Å²) in [6, 6.07) is -0.426. The van der Waals surface area contributed by atoms with Crippen LogP contribution in [-0.4, -0.2) is 18.2 Å². The van der Waals surface area contributed by atoms with Crippen LogP contribution in [0, 0.1) is 5.41 Å². The second kappa shape index (κ2) is 6.46. The summed E-state index contributed by atoms with van der Waals surface area (Å²) in [5.74, 6) is -0.0618. The van der Waals surface area contributed by atoms with Gasteiger partial charge in [-0.25, -0.2) is 0 Å². The van der Waals surface area contributed by atoms with E-state index in [2.05, 4.69) is 32.7 Å². The van der Waals surface area contributed by atoms with E-state index in [-0.39, 0.29) is 11.3 Å². The maximum absolute atomic E-state index is 11.5. The highest BCUT2D eigenvalue weighted by Gasteiger charge is 2.15. The lowest BCUT2D eigenvalue weighted by Gasteiger charge is -2.18. The first-order valence-corrected chi connectivity index (χ1v) is 5.63. The maximum Gasteiger partial charge on any atom is 0.220 e. The monoisotopic (exact) mass is 225 g/mol. The van der Waals surface area contributed by atoms with Gasteiger partial charge < -0.3 is 10.1 Å². The summed E-state index contributed by atoms with van der Waals surface area (Å²) in [5, 5.41) is 2.70. The zero-order valence-electron chi connectivity index (χ0n) is 10.8. The van der Waals surface area contributed by atoms with Crippen LogP contribution in [0.3, 0.4) is 0 Å². The molecule has 0 aliphatic heterocycles. The summed E-state index contributed by atoms with van der Waals surface area (Å²) in [6.07, 6.45) is 2.57. The van der Waals surface area contributed by atoms with Crippen molar-refractivity contribution in [1.82, 2.24) is 5.32 Å². The van der Waals surface area contributed by atoms with E-state index >= 15 is 0 Å². The molecule has 0 saturated heterocycles. The largest absolute Gasteiger partial charge is 0.346 e. The molecule has 0 rings (SSSR count). The lowest BCUT2D eigenvalue weighted by atomic mass is 9.90. The number of carbonyl (C=O) groups is 2. The number of hydrogen-bond acceptors (Lipinski definition) is 2. The first-order chi connectivity index (χ1) is 7.24. The number of carbonyl (C=O) groups excluding carboxylic acids is 2.